The number of thioether (sulfide) groups is 1. The highest BCUT2D eigenvalue weighted by molar-refractivity contribution is 7.99. The lowest BCUT2D eigenvalue weighted by Gasteiger charge is -2.13. The maximum atomic E-state index is 5.88. The van der Waals surface area contributed by atoms with Crippen molar-refractivity contribution in [2.45, 2.75) is 45.1 Å². The lowest BCUT2D eigenvalue weighted by molar-refractivity contribution is 0.242. The first kappa shape index (κ1) is 14.2. The van der Waals surface area contributed by atoms with Crippen LogP contribution in [-0.2, 0) is 0 Å². The maximum absolute atomic E-state index is 5.88. The van der Waals surface area contributed by atoms with Crippen LogP contribution < -0.4 is 10.5 Å². The minimum absolute atomic E-state index is 0.184. The first-order chi connectivity index (χ1) is 8.01. The SMILES string of the molecule is CCC(C)CSc1cc(N)cc(OC(C)C)c1. The summed E-state index contributed by atoms with van der Waals surface area (Å²) in [4.78, 5) is 1.20. The van der Waals surface area contributed by atoms with Crippen LogP contribution in [0.1, 0.15) is 34.1 Å². The molecule has 1 unspecified atom stereocenters. The smallest absolute Gasteiger partial charge is 0.122 e. The van der Waals surface area contributed by atoms with E-state index in [0.29, 0.717) is 0 Å². The second-order valence-electron chi connectivity index (χ2n) is 4.73. The molecule has 0 amide bonds. The van der Waals surface area contributed by atoms with E-state index in [1.807, 2.05) is 37.7 Å². The van der Waals surface area contributed by atoms with Crippen molar-refractivity contribution in [3.05, 3.63) is 18.2 Å². The van der Waals surface area contributed by atoms with Gasteiger partial charge in [-0.2, -0.15) is 0 Å². The van der Waals surface area contributed by atoms with Crippen molar-refractivity contribution in [2.24, 2.45) is 5.92 Å². The van der Waals surface area contributed by atoms with Crippen LogP contribution in [0.4, 0.5) is 5.69 Å². The molecule has 0 bridgehead atoms. The number of nitrogens with two attached hydrogens (primary N) is 1. The van der Waals surface area contributed by atoms with E-state index in [9.17, 15) is 0 Å². The highest BCUT2D eigenvalue weighted by Gasteiger charge is 2.05. The number of hydrogen-bond donors (Lipinski definition) is 1. The Hall–Kier alpha value is -0.830. The first-order valence-corrected chi connectivity index (χ1v) is 7.19. The molecule has 0 aromatic heterocycles. The number of ether oxygens (including phenoxy) is 1. The number of benzene rings is 1. The molecule has 0 fully saturated rings. The van der Waals surface area contributed by atoms with Gasteiger partial charge < -0.3 is 10.5 Å². The van der Waals surface area contributed by atoms with Gasteiger partial charge in [0.05, 0.1) is 6.10 Å². The second-order valence-corrected chi connectivity index (χ2v) is 5.82. The fourth-order valence-electron chi connectivity index (χ4n) is 1.37. The summed E-state index contributed by atoms with van der Waals surface area (Å²) in [6.07, 6.45) is 1.40. The van der Waals surface area contributed by atoms with Crippen molar-refractivity contribution in [3.63, 3.8) is 0 Å². The molecule has 1 atom stereocenters. The molecule has 0 saturated heterocycles. The Labute approximate surface area is 109 Å². The van der Waals surface area contributed by atoms with Gasteiger partial charge >= 0.3 is 0 Å². The van der Waals surface area contributed by atoms with Gasteiger partial charge in [-0.15, -0.1) is 11.8 Å². The van der Waals surface area contributed by atoms with Crippen LogP contribution >= 0.6 is 11.8 Å². The van der Waals surface area contributed by atoms with Gasteiger partial charge in [0, 0.05) is 22.4 Å². The van der Waals surface area contributed by atoms with E-state index >= 15 is 0 Å². The van der Waals surface area contributed by atoms with E-state index in [1.54, 1.807) is 0 Å². The zero-order valence-corrected chi connectivity index (χ0v) is 12.0. The van der Waals surface area contributed by atoms with Crippen molar-refractivity contribution in [2.75, 3.05) is 11.5 Å². The largest absolute Gasteiger partial charge is 0.491 e. The highest BCUT2D eigenvalue weighted by Crippen LogP contribution is 2.29. The van der Waals surface area contributed by atoms with E-state index < -0.39 is 0 Å². The number of rotatable bonds is 6. The van der Waals surface area contributed by atoms with E-state index in [1.165, 1.54) is 11.3 Å². The van der Waals surface area contributed by atoms with Crippen LogP contribution in [0.15, 0.2) is 23.1 Å². The molecule has 0 aliphatic carbocycles. The fourth-order valence-corrected chi connectivity index (χ4v) is 2.51. The van der Waals surface area contributed by atoms with Gasteiger partial charge in [-0.05, 0) is 31.9 Å². The van der Waals surface area contributed by atoms with Gasteiger partial charge in [-0.25, -0.2) is 0 Å². The molecule has 0 radical (unpaired) electrons. The maximum Gasteiger partial charge on any atom is 0.122 e. The summed E-state index contributed by atoms with van der Waals surface area (Å²) in [6, 6.07) is 5.97. The Kier molecular flexibility index (Phi) is 5.69. The Morgan fingerprint density at radius 1 is 1.24 bits per heavy atom. The summed E-state index contributed by atoms with van der Waals surface area (Å²) >= 11 is 1.85. The highest BCUT2D eigenvalue weighted by atomic mass is 32.2. The van der Waals surface area contributed by atoms with Crippen molar-refractivity contribution in [1.29, 1.82) is 0 Å². The summed E-state index contributed by atoms with van der Waals surface area (Å²) in [5.74, 6) is 2.73. The first-order valence-electron chi connectivity index (χ1n) is 6.21. The van der Waals surface area contributed by atoms with Crippen molar-refractivity contribution < 1.29 is 4.74 Å². The average molecular weight is 253 g/mol. The van der Waals surface area contributed by atoms with Gasteiger partial charge in [0.15, 0.2) is 0 Å². The predicted octanol–water partition coefficient (Wildman–Crippen LogP) is 4.19. The average Bonchev–Trinajstić information content (AvgIpc) is 2.24. The van der Waals surface area contributed by atoms with Gasteiger partial charge in [-0.3, -0.25) is 0 Å². The molecule has 0 heterocycles. The predicted molar refractivity (Wildman–Crippen MR) is 76.8 cm³/mol. The summed E-state index contributed by atoms with van der Waals surface area (Å²) in [7, 11) is 0. The van der Waals surface area contributed by atoms with E-state index in [2.05, 4.69) is 19.9 Å². The Bertz CT molecular complexity index is 352. The Morgan fingerprint density at radius 3 is 2.53 bits per heavy atom. The summed E-state index contributed by atoms with van der Waals surface area (Å²) in [6.45, 7) is 8.53. The molecule has 0 aliphatic rings. The number of anilines is 1. The third-order valence-electron chi connectivity index (χ3n) is 2.51. The van der Waals surface area contributed by atoms with Crippen molar-refractivity contribution in [3.8, 4) is 5.75 Å². The third kappa shape index (κ3) is 5.35. The van der Waals surface area contributed by atoms with Crippen LogP contribution in [-0.4, -0.2) is 11.9 Å². The molecule has 2 nitrogen and oxygen atoms in total. The molecule has 0 saturated carbocycles. The molecule has 2 N–H and O–H groups in total. The summed E-state index contributed by atoms with van der Waals surface area (Å²) in [5, 5.41) is 0. The molecule has 1 aromatic rings. The van der Waals surface area contributed by atoms with Crippen LogP contribution in [0.3, 0.4) is 0 Å². The molecule has 0 spiro atoms. The molecular weight excluding hydrogens is 230 g/mol. The molecular formula is C14H23NOS. The van der Waals surface area contributed by atoms with E-state index in [4.69, 9.17) is 10.5 Å². The van der Waals surface area contributed by atoms with E-state index in [0.717, 1.165) is 23.1 Å². The van der Waals surface area contributed by atoms with Gasteiger partial charge in [-0.1, -0.05) is 20.3 Å². The fraction of sp³-hybridized carbons (Fsp3) is 0.571. The lowest BCUT2D eigenvalue weighted by Crippen LogP contribution is -2.06. The van der Waals surface area contributed by atoms with Crippen LogP contribution in [0.2, 0.25) is 0 Å². The normalized spacial score (nSPS) is 12.8. The minimum atomic E-state index is 0.184. The number of hydrogen-bond acceptors (Lipinski definition) is 3. The Balaban J connectivity index is 2.68. The Morgan fingerprint density at radius 2 is 1.94 bits per heavy atom. The molecule has 96 valence electrons. The van der Waals surface area contributed by atoms with Gasteiger partial charge in [0.1, 0.15) is 5.75 Å². The zero-order chi connectivity index (χ0) is 12.8. The molecule has 1 rings (SSSR count). The van der Waals surface area contributed by atoms with Crippen molar-refractivity contribution >= 4 is 17.4 Å². The van der Waals surface area contributed by atoms with Crippen molar-refractivity contribution in [1.82, 2.24) is 0 Å². The standard InChI is InChI=1S/C14H23NOS/c1-5-11(4)9-17-14-7-12(15)6-13(8-14)16-10(2)3/h6-8,10-11H,5,9,15H2,1-4H3. The van der Waals surface area contributed by atoms with Gasteiger partial charge in [0.2, 0.25) is 0 Å². The summed E-state index contributed by atoms with van der Waals surface area (Å²) < 4.78 is 5.68. The summed E-state index contributed by atoms with van der Waals surface area (Å²) in [5.41, 5.74) is 6.65. The molecule has 3 heteroatoms. The molecule has 0 aliphatic heterocycles. The van der Waals surface area contributed by atoms with E-state index in [-0.39, 0.29) is 6.10 Å². The third-order valence-corrected chi connectivity index (χ3v) is 3.81. The number of nitrogen functional groups attached to an aromatic ring is 1. The minimum Gasteiger partial charge on any atom is -0.491 e. The second kappa shape index (κ2) is 6.80. The monoisotopic (exact) mass is 253 g/mol. The molecule has 1 aromatic carbocycles. The quantitative estimate of drug-likeness (QED) is 0.610. The topological polar surface area (TPSA) is 35.2 Å². The van der Waals surface area contributed by atoms with Crippen LogP contribution in [0.25, 0.3) is 0 Å². The molecule has 17 heavy (non-hydrogen) atoms. The van der Waals surface area contributed by atoms with Crippen LogP contribution in [0, 0.1) is 5.92 Å². The van der Waals surface area contributed by atoms with Gasteiger partial charge in [0.25, 0.3) is 0 Å². The lowest BCUT2D eigenvalue weighted by atomic mass is 10.2. The van der Waals surface area contributed by atoms with Crippen LogP contribution in [0.5, 0.6) is 5.75 Å². The zero-order valence-electron chi connectivity index (χ0n) is 11.2.